The van der Waals surface area contributed by atoms with Crippen molar-refractivity contribution >= 4 is 36.0 Å². The van der Waals surface area contributed by atoms with Crippen molar-refractivity contribution in [1.29, 1.82) is 0 Å². The molecule has 0 bridgehead atoms. The van der Waals surface area contributed by atoms with Gasteiger partial charge in [-0.25, -0.2) is 0 Å². The highest BCUT2D eigenvalue weighted by atomic mass is 32.1. The lowest BCUT2D eigenvalue weighted by atomic mass is 9.96. The van der Waals surface area contributed by atoms with Crippen molar-refractivity contribution in [1.82, 2.24) is 0 Å². The molecule has 78 valence electrons. The first-order chi connectivity index (χ1) is 7.11. The number of rotatable bonds is 1. The molecule has 2 aromatic rings. The fourth-order valence-electron chi connectivity index (χ4n) is 1.93. The van der Waals surface area contributed by atoms with Crippen molar-refractivity contribution in [3.05, 3.63) is 35.9 Å². The molecule has 2 rings (SSSR count). The largest absolute Gasteiger partial charge is 0.142 e. The summed E-state index contributed by atoms with van der Waals surface area (Å²) < 4.78 is 0. The van der Waals surface area contributed by atoms with Crippen molar-refractivity contribution in [2.75, 3.05) is 0 Å². The van der Waals surface area contributed by atoms with Gasteiger partial charge < -0.3 is 0 Å². The van der Waals surface area contributed by atoms with Crippen LogP contribution in [0.3, 0.4) is 0 Å². The second-order valence-electron chi connectivity index (χ2n) is 4.03. The Balaban J connectivity index is 2.89. The van der Waals surface area contributed by atoms with Crippen LogP contribution < -0.4 is 0 Å². The number of hydrogen-bond acceptors (Lipinski definition) is 2. The van der Waals surface area contributed by atoms with Crippen LogP contribution in [0.5, 0.6) is 0 Å². The monoisotopic (exact) mass is 234 g/mol. The van der Waals surface area contributed by atoms with E-state index < -0.39 is 0 Å². The SMILES string of the molecule is CC(C)c1c(S)c(S)cc2ccccc12. The fourth-order valence-corrected chi connectivity index (χ4v) is 2.64. The maximum absolute atomic E-state index is 4.55. The average molecular weight is 234 g/mol. The van der Waals surface area contributed by atoms with Crippen LogP contribution in [0, 0.1) is 0 Å². The first kappa shape index (κ1) is 10.9. The third-order valence-electron chi connectivity index (χ3n) is 2.62. The Morgan fingerprint density at radius 2 is 1.73 bits per heavy atom. The van der Waals surface area contributed by atoms with Crippen LogP contribution in [0.4, 0.5) is 0 Å². The topological polar surface area (TPSA) is 0 Å². The molecule has 0 N–H and O–H groups in total. The molecule has 0 fully saturated rings. The lowest BCUT2D eigenvalue weighted by molar-refractivity contribution is 0.844. The second-order valence-corrected chi connectivity index (χ2v) is 4.96. The first-order valence-electron chi connectivity index (χ1n) is 5.05. The summed E-state index contributed by atoms with van der Waals surface area (Å²) in [5.41, 5.74) is 1.29. The van der Waals surface area contributed by atoms with Gasteiger partial charge in [0.2, 0.25) is 0 Å². The Morgan fingerprint density at radius 1 is 1.07 bits per heavy atom. The lowest BCUT2D eigenvalue weighted by Crippen LogP contribution is -1.93. The summed E-state index contributed by atoms with van der Waals surface area (Å²) in [6.07, 6.45) is 0. The lowest BCUT2D eigenvalue weighted by Gasteiger charge is -2.14. The van der Waals surface area contributed by atoms with Gasteiger partial charge in [-0.15, -0.1) is 25.3 Å². The summed E-state index contributed by atoms with van der Waals surface area (Å²) in [5, 5.41) is 2.53. The first-order valence-corrected chi connectivity index (χ1v) is 5.94. The van der Waals surface area contributed by atoms with Gasteiger partial charge in [0, 0.05) is 9.79 Å². The Kier molecular flexibility index (Phi) is 2.98. The van der Waals surface area contributed by atoms with Crippen LogP contribution in [-0.4, -0.2) is 0 Å². The third kappa shape index (κ3) is 1.88. The Morgan fingerprint density at radius 3 is 2.40 bits per heavy atom. The second kappa shape index (κ2) is 4.11. The van der Waals surface area contributed by atoms with Gasteiger partial charge in [-0.05, 0) is 28.3 Å². The minimum Gasteiger partial charge on any atom is -0.142 e. The van der Waals surface area contributed by atoms with E-state index in [2.05, 4.69) is 69.4 Å². The minimum absolute atomic E-state index is 0.467. The molecule has 0 aliphatic rings. The molecule has 0 aliphatic carbocycles. The molecule has 0 saturated heterocycles. The van der Waals surface area contributed by atoms with E-state index in [-0.39, 0.29) is 0 Å². The molecule has 2 heteroatoms. The fraction of sp³-hybridized carbons (Fsp3) is 0.231. The number of fused-ring (bicyclic) bond motifs is 1. The molecule has 0 atom stereocenters. The molecule has 0 spiro atoms. The molecule has 0 heterocycles. The van der Waals surface area contributed by atoms with Gasteiger partial charge in [0.05, 0.1) is 0 Å². The van der Waals surface area contributed by atoms with Crippen molar-refractivity contribution in [2.24, 2.45) is 0 Å². The molecule has 0 aromatic heterocycles. The van der Waals surface area contributed by atoms with Crippen molar-refractivity contribution in [3.8, 4) is 0 Å². The zero-order valence-electron chi connectivity index (χ0n) is 8.86. The van der Waals surface area contributed by atoms with Crippen molar-refractivity contribution in [2.45, 2.75) is 29.6 Å². The summed E-state index contributed by atoms with van der Waals surface area (Å²) in [6, 6.07) is 10.5. The van der Waals surface area contributed by atoms with Gasteiger partial charge in [-0.2, -0.15) is 0 Å². The van der Waals surface area contributed by atoms with Crippen LogP contribution in [-0.2, 0) is 0 Å². The molecule has 2 aromatic carbocycles. The van der Waals surface area contributed by atoms with Crippen LogP contribution in [0.1, 0.15) is 25.3 Å². The van der Waals surface area contributed by atoms with Crippen molar-refractivity contribution in [3.63, 3.8) is 0 Å². The summed E-state index contributed by atoms with van der Waals surface area (Å²) in [5.74, 6) is 0.467. The quantitative estimate of drug-likeness (QED) is 0.665. The third-order valence-corrected chi connectivity index (χ3v) is 3.63. The molecule has 0 radical (unpaired) electrons. The summed E-state index contributed by atoms with van der Waals surface area (Å²) in [4.78, 5) is 1.97. The normalized spacial score (nSPS) is 11.3. The molecular formula is C13H14S2. The van der Waals surface area contributed by atoms with E-state index in [1.807, 2.05) is 0 Å². The Hall–Kier alpha value is -0.600. The molecule has 0 aliphatic heterocycles. The number of thiol groups is 2. The number of hydrogen-bond donors (Lipinski definition) is 2. The Labute approximate surface area is 102 Å². The van der Waals surface area contributed by atoms with E-state index in [4.69, 9.17) is 0 Å². The van der Waals surface area contributed by atoms with Crippen LogP contribution in [0.2, 0.25) is 0 Å². The van der Waals surface area contributed by atoms with E-state index in [1.165, 1.54) is 16.3 Å². The minimum atomic E-state index is 0.467. The molecule has 0 unspecified atom stereocenters. The van der Waals surface area contributed by atoms with Crippen LogP contribution in [0.25, 0.3) is 10.8 Å². The number of benzene rings is 2. The zero-order valence-corrected chi connectivity index (χ0v) is 10.6. The molecule has 0 nitrogen and oxygen atoms in total. The average Bonchev–Trinajstić information content (AvgIpc) is 2.19. The molecule has 0 saturated carbocycles. The van der Waals surface area contributed by atoms with Gasteiger partial charge in [0.15, 0.2) is 0 Å². The van der Waals surface area contributed by atoms with E-state index >= 15 is 0 Å². The summed E-state index contributed by atoms with van der Waals surface area (Å²) >= 11 is 9.01. The summed E-state index contributed by atoms with van der Waals surface area (Å²) in [7, 11) is 0. The predicted octanol–water partition coefficient (Wildman–Crippen LogP) is 4.54. The van der Waals surface area contributed by atoms with E-state index in [9.17, 15) is 0 Å². The van der Waals surface area contributed by atoms with Crippen molar-refractivity contribution < 1.29 is 0 Å². The maximum Gasteiger partial charge on any atom is 0.0215 e. The predicted molar refractivity (Wildman–Crippen MR) is 72.5 cm³/mol. The summed E-state index contributed by atoms with van der Waals surface area (Å²) in [6.45, 7) is 4.38. The van der Waals surface area contributed by atoms with E-state index in [0.29, 0.717) is 5.92 Å². The molecule has 15 heavy (non-hydrogen) atoms. The highest BCUT2D eigenvalue weighted by Gasteiger charge is 2.11. The van der Waals surface area contributed by atoms with E-state index in [1.54, 1.807) is 0 Å². The van der Waals surface area contributed by atoms with E-state index in [0.717, 1.165) is 9.79 Å². The zero-order chi connectivity index (χ0) is 11.0. The maximum atomic E-state index is 4.55. The highest BCUT2D eigenvalue weighted by molar-refractivity contribution is 7.83. The highest BCUT2D eigenvalue weighted by Crippen LogP contribution is 2.35. The molecular weight excluding hydrogens is 220 g/mol. The van der Waals surface area contributed by atoms with Gasteiger partial charge in [0.25, 0.3) is 0 Å². The van der Waals surface area contributed by atoms with Gasteiger partial charge >= 0.3 is 0 Å². The Bertz CT molecular complexity index is 501. The molecule has 0 amide bonds. The van der Waals surface area contributed by atoms with Gasteiger partial charge in [-0.3, -0.25) is 0 Å². The van der Waals surface area contributed by atoms with Gasteiger partial charge in [-0.1, -0.05) is 38.1 Å². The smallest absolute Gasteiger partial charge is 0.0215 e. The standard InChI is InChI=1S/C13H14S2/c1-8(2)12-10-6-4-3-5-9(10)7-11(14)13(12)15/h3-8,14-15H,1-2H3. The van der Waals surface area contributed by atoms with Gasteiger partial charge in [0.1, 0.15) is 0 Å². The van der Waals surface area contributed by atoms with Crippen LogP contribution >= 0.6 is 25.3 Å². The van der Waals surface area contributed by atoms with Crippen LogP contribution in [0.15, 0.2) is 40.1 Å².